The molecule has 2 fully saturated rings. The van der Waals surface area contributed by atoms with Crippen molar-refractivity contribution in [2.24, 2.45) is 5.41 Å². The second-order valence-electron chi connectivity index (χ2n) is 6.99. The zero-order valence-corrected chi connectivity index (χ0v) is 12.3. The fraction of sp³-hybridized carbons (Fsp3) is 0.867. The number of hydrogen-bond donors (Lipinski definition) is 1. The van der Waals surface area contributed by atoms with Gasteiger partial charge in [-0.05, 0) is 45.4 Å². The van der Waals surface area contributed by atoms with Crippen LogP contribution < -0.4 is 5.32 Å². The molecule has 1 amide bonds. The molecule has 2 atom stereocenters. The summed E-state index contributed by atoms with van der Waals surface area (Å²) in [6, 6.07) is 0.274. The average molecular weight is 267 g/mol. The minimum absolute atomic E-state index is 0.00619. The maximum absolute atomic E-state index is 11.8. The molecule has 0 radical (unpaired) electrons. The van der Waals surface area contributed by atoms with Crippen LogP contribution in [0.2, 0.25) is 0 Å². The third-order valence-corrected chi connectivity index (χ3v) is 4.25. The lowest BCUT2D eigenvalue weighted by atomic mass is 9.68. The van der Waals surface area contributed by atoms with E-state index in [1.807, 2.05) is 20.8 Å². The van der Waals surface area contributed by atoms with Gasteiger partial charge >= 0.3 is 5.97 Å². The summed E-state index contributed by atoms with van der Waals surface area (Å²) in [5.74, 6) is 0.00151. The van der Waals surface area contributed by atoms with Crippen LogP contribution in [0.4, 0.5) is 0 Å². The van der Waals surface area contributed by atoms with Gasteiger partial charge in [-0.15, -0.1) is 0 Å². The Morgan fingerprint density at radius 1 is 1.42 bits per heavy atom. The largest absolute Gasteiger partial charge is 0.460 e. The highest BCUT2D eigenvalue weighted by molar-refractivity contribution is 5.80. The fourth-order valence-electron chi connectivity index (χ4n) is 3.44. The van der Waals surface area contributed by atoms with E-state index >= 15 is 0 Å². The van der Waals surface area contributed by atoms with Gasteiger partial charge in [0.05, 0.1) is 0 Å². The molecule has 1 unspecified atom stereocenters. The average Bonchev–Trinajstić information content (AvgIpc) is 2.60. The summed E-state index contributed by atoms with van der Waals surface area (Å²) in [5.41, 5.74) is -0.420. The van der Waals surface area contributed by atoms with Crippen LogP contribution in [0.5, 0.6) is 0 Å². The van der Waals surface area contributed by atoms with Gasteiger partial charge in [-0.3, -0.25) is 9.59 Å². The van der Waals surface area contributed by atoms with Crippen molar-refractivity contribution < 1.29 is 14.3 Å². The lowest BCUT2D eigenvalue weighted by molar-refractivity contribution is -0.155. The molecule has 0 bridgehead atoms. The van der Waals surface area contributed by atoms with E-state index in [0.29, 0.717) is 12.8 Å². The van der Waals surface area contributed by atoms with E-state index in [1.54, 1.807) is 0 Å². The van der Waals surface area contributed by atoms with Gasteiger partial charge in [0.25, 0.3) is 0 Å². The molecule has 1 saturated carbocycles. The molecule has 1 N–H and O–H groups in total. The number of carbonyl (C=O) groups is 2. The van der Waals surface area contributed by atoms with Crippen LogP contribution in [-0.4, -0.2) is 23.5 Å². The number of fused-ring (bicyclic) bond motifs is 1. The molecule has 4 nitrogen and oxygen atoms in total. The summed E-state index contributed by atoms with van der Waals surface area (Å²) in [6.45, 7) is 5.65. The van der Waals surface area contributed by atoms with Gasteiger partial charge in [0.2, 0.25) is 5.91 Å². The topological polar surface area (TPSA) is 55.4 Å². The molecular formula is C15H25NO3. The predicted octanol–water partition coefficient (Wildman–Crippen LogP) is 2.56. The number of amides is 1. The summed E-state index contributed by atoms with van der Waals surface area (Å²) in [5, 5.41) is 3.08. The van der Waals surface area contributed by atoms with Crippen LogP contribution in [-0.2, 0) is 14.3 Å². The first-order valence-electron chi connectivity index (χ1n) is 7.32. The van der Waals surface area contributed by atoms with E-state index in [4.69, 9.17) is 4.74 Å². The first-order valence-corrected chi connectivity index (χ1v) is 7.32. The molecule has 2 rings (SSSR count). The predicted molar refractivity (Wildman–Crippen MR) is 72.5 cm³/mol. The van der Waals surface area contributed by atoms with E-state index in [0.717, 1.165) is 19.3 Å². The molecule has 1 aliphatic heterocycles. The fourth-order valence-corrected chi connectivity index (χ4v) is 3.44. The third kappa shape index (κ3) is 3.48. The number of rotatable bonds is 3. The number of nitrogens with one attached hydrogen (secondary N) is 1. The Balaban J connectivity index is 1.93. The van der Waals surface area contributed by atoms with Gasteiger partial charge in [-0.1, -0.05) is 12.8 Å². The first-order chi connectivity index (χ1) is 8.81. The van der Waals surface area contributed by atoms with Gasteiger partial charge < -0.3 is 10.1 Å². The Morgan fingerprint density at radius 2 is 2.16 bits per heavy atom. The highest BCUT2D eigenvalue weighted by Crippen LogP contribution is 2.46. The van der Waals surface area contributed by atoms with Crippen LogP contribution in [0.3, 0.4) is 0 Å². The molecule has 1 aliphatic carbocycles. The Morgan fingerprint density at radius 3 is 2.84 bits per heavy atom. The highest BCUT2D eigenvalue weighted by Gasteiger charge is 2.47. The molecular weight excluding hydrogens is 242 g/mol. The zero-order chi connectivity index (χ0) is 14.1. The van der Waals surface area contributed by atoms with Gasteiger partial charge in [0, 0.05) is 18.9 Å². The van der Waals surface area contributed by atoms with Gasteiger partial charge in [0.1, 0.15) is 5.60 Å². The lowest BCUT2D eigenvalue weighted by Crippen LogP contribution is -2.40. The molecule has 1 saturated heterocycles. The summed E-state index contributed by atoms with van der Waals surface area (Å²) in [7, 11) is 0. The van der Waals surface area contributed by atoms with Crippen LogP contribution >= 0.6 is 0 Å². The number of carbonyl (C=O) groups excluding carboxylic acids is 2. The lowest BCUT2D eigenvalue weighted by Gasteiger charge is -2.38. The number of ether oxygens (including phenoxy) is 1. The Bertz CT molecular complexity index is 372. The van der Waals surface area contributed by atoms with Crippen molar-refractivity contribution in [2.75, 3.05) is 0 Å². The van der Waals surface area contributed by atoms with Gasteiger partial charge in [-0.25, -0.2) is 0 Å². The van der Waals surface area contributed by atoms with E-state index in [1.165, 1.54) is 12.8 Å². The summed E-state index contributed by atoms with van der Waals surface area (Å²) in [4.78, 5) is 23.5. The summed E-state index contributed by atoms with van der Waals surface area (Å²) in [6.07, 6.45) is 6.23. The van der Waals surface area contributed by atoms with Crippen molar-refractivity contribution in [2.45, 2.75) is 77.4 Å². The van der Waals surface area contributed by atoms with Crippen LogP contribution in [0.1, 0.15) is 65.7 Å². The summed E-state index contributed by atoms with van der Waals surface area (Å²) < 4.78 is 5.36. The van der Waals surface area contributed by atoms with Crippen molar-refractivity contribution in [1.29, 1.82) is 0 Å². The first kappa shape index (κ1) is 14.4. The van der Waals surface area contributed by atoms with E-state index in [2.05, 4.69) is 5.32 Å². The molecule has 19 heavy (non-hydrogen) atoms. The Labute approximate surface area is 115 Å². The summed E-state index contributed by atoms with van der Waals surface area (Å²) >= 11 is 0. The van der Waals surface area contributed by atoms with Crippen molar-refractivity contribution in [3.05, 3.63) is 0 Å². The van der Waals surface area contributed by atoms with Crippen molar-refractivity contribution in [3.63, 3.8) is 0 Å². The van der Waals surface area contributed by atoms with Crippen molar-refractivity contribution in [1.82, 2.24) is 5.32 Å². The van der Waals surface area contributed by atoms with Crippen molar-refractivity contribution >= 4 is 11.9 Å². The van der Waals surface area contributed by atoms with Gasteiger partial charge in [-0.2, -0.15) is 0 Å². The molecule has 0 aromatic rings. The van der Waals surface area contributed by atoms with Crippen molar-refractivity contribution in [3.8, 4) is 0 Å². The molecule has 0 aromatic carbocycles. The smallest absolute Gasteiger partial charge is 0.306 e. The molecule has 1 heterocycles. The molecule has 4 heteroatoms. The standard InChI is InChI=1S/C15H25NO3/c1-14(2,3)19-13(18)7-9-15-8-5-4-6-11(15)16-12(17)10-15/h11H,4-10H2,1-3H3,(H,16,17)/t11-,15?/m0/s1. The maximum atomic E-state index is 11.8. The second-order valence-corrected chi connectivity index (χ2v) is 6.99. The van der Waals surface area contributed by atoms with Crippen LogP contribution in [0.15, 0.2) is 0 Å². The molecule has 108 valence electrons. The van der Waals surface area contributed by atoms with E-state index < -0.39 is 5.60 Å². The molecule has 0 spiro atoms. The number of esters is 1. The monoisotopic (exact) mass is 267 g/mol. The second kappa shape index (κ2) is 5.14. The highest BCUT2D eigenvalue weighted by atomic mass is 16.6. The quantitative estimate of drug-likeness (QED) is 0.800. The molecule has 0 aromatic heterocycles. The molecule has 2 aliphatic rings. The Kier molecular flexibility index (Phi) is 3.88. The van der Waals surface area contributed by atoms with Crippen LogP contribution in [0, 0.1) is 5.41 Å². The zero-order valence-electron chi connectivity index (χ0n) is 12.3. The normalized spacial score (nSPS) is 30.7. The van der Waals surface area contributed by atoms with E-state index in [-0.39, 0.29) is 23.3 Å². The number of hydrogen-bond acceptors (Lipinski definition) is 3. The van der Waals surface area contributed by atoms with Gasteiger partial charge in [0.15, 0.2) is 0 Å². The van der Waals surface area contributed by atoms with E-state index in [9.17, 15) is 9.59 Å². The third-order valence-electron chi connectivity index (χ3n) is 4.25. The Hall–Kier alpha value is -1.06. The van der Waals surface area contributed by atoms with Crippen LogP contribution in [0.25, 0.3) is 0 Å². The SMILES string of the molecule is CC(C)(C)OC(=O)CCC12CCCC[C@@H]1NC(=O)C2. The minimum Gasteiger partial charge on any atom is -0.460 e. The maximum Gasteiger partial charge on any atom is 0.306 e. The minimum atomic E-state index is -0.426.